The fourth-order valence-corrected chi connectivity index (χ4v) is 4.36. The summed E-state index contributed by atoms with van der Waals surface area (Å²) in [4.78, 5) is 8.75. The van der Waals surface area contributed by atoms with Gasteiger partial charge < -0.3 is 19.5 Å². The van der Waals surface area contributed by atoms with Crippen molar-refractivity contribution in [1.29, 1.82) is 0 Å². The molecule has 3 atom stereocenters. The molecule has 3 rings (SSSR count). The summed E-state index contributed by atoms with van der Waals surface area (Å²) in [7, 11) is -0.573. The highest BCUT2D eigenvalue weighted by Crippen LogP contribution is 2.35. The van der Waals surface area contributed by atoms with Crippen molar-refractivity contribution < 1.29 is 27.3 Å². The van der Waals surface area contributed by atoms with Gasteiger partial charge in [-0.3, -0.25) is 0 Å². The third-order valence-electron chi connectivity index (χ3n) is 5.72. The number of ether oxygens (including phenoxy) is 1. The lowest BCUT2D eigenvalue weighted by Gasteiger charge is -2.18. The molecule has 2 aromatic rings. The normalized spacial score (nSPS) is 19.1. The van der Waals surface area contributed by atoms with Crippen LogP contribution in [0.2, 0.25) is 0 Å². The summed E-state index contributed by atoms with van der Waals surface area (Å²) >= 11 is 0. The average Bonchev–Trinajstić information content (AvgIpc) is 3.22. The van der Waals surface area contributed by atoms with Gasteiger partial charge >= 0.3 is 6.18 Å². The van der Waals surface area contributed by atoms with Crippen molar-refractivity contribution in [3.8, 4) is 5.75 Å². The van der Waals surface area contributed by atoms with Crippen LogP contribution in [0.4, 0.5) is 13.2 Å². The monoisotopic (exact) mass is 469 g/mol. The summed E-state index contributed by atoms with van der Waals surface area (Å²) < 4.78 is 51.8. The van der Waals surface area contributed by atoms with E-state index in [2.05, 4.69) is 17.4 Å². The first-order valence-electron chi connectivity index (χ1n) is 11.1. The van der Waals surface area contributed by atoms with Crippen molar-refractivity contribution in [2.24, 2.45) is 0 Å². The second-order valence-corrected chi connectivity index (χ2v) is 8.67. The minimum absolute atomic E-state index is 0.0305. The molecule has 1 aliphatic heterocycles. The lowest BCUT2D eigenvalue weighted by atomic mass is 9.99. The van der Waals surface area contributed by atoms with E-state index in [0.29, 0.717) is 31.6 Å². The highest BCUT2D eigenvalue weighted by atomic mass is 31.1. The number of nitrogens with one attached hydrogen (secondary N) is 1. The largest absolute Gasteiger partial charge is 0.489 e. The Morgan fingerprint density at radius 1 is 1.00 bits per heavy atom. The Balaban J connectivity index is 1.48. The summed E-state index contributed by atoms with van der Waals surface area (Å²) in [5.74, 6) is 0.237. The molecule has 176 valence electrons. The van der Waals surface area contributed by atoms with E-state index in [1.807, 2.05) is 18.2 Å². The van der Waals surface area contributed by atoms with Gasteiger partial charge in [-0.15, -0.1) is 0 Å². The molecule has 1 aliphatic rings. The van der Waals surface area contributed by atoms with Crippen LogP contribution in [0.15, 0.2) is 48.5 Å². The van der Waals surface area contributed by atoms with Crippen LogP contribution >= 0.6 is 9.03 Å². The molecule has 2 unspecified atom stereocenters. The van der Waals surface area contributed by atoms with Gasteiger partial charge in [-0.05, 0) is 48.9 Å². The summed E-state index contributed by atoms with van der Waals surface area (Å²) in [6, 6.07) is 14.6. The zero-order chi connectivity index (χ0) is 22.8. The summed E-state index contributed by atoms with van der Waals surface area (Å²) in [6.45, 7) is 0.890. The SMILES string of the molecule is OPOC[C@H]1CC(Oc2ccc(CCCCCCc3ccccc3)c(C(F)(F)F)c2)CN1. The maximum Gasteiger partial charge on any atom is 0.416 e. The molecule has 0 saturated carbocycles. The van der Waals surface area contributed by atoms with Gasteiger partial charge in [-0.25, -0.2) is 0 Å². The molecule has 8 heteroatoms. The Hall–Kier alpha value is -1.66. The van der Waals surface area contributed by atoms with Gasteiger partial charge in [0.15, 0.2) is 9.03 Å². The first-order valence-corrected chi connectivity index (χ1v) is 12.0. The van der Waals surface area contributed by atoms with E-state index in [4.69, 9.17) is 14.2 Å². The maximum absolute atomic E-state index is 13.7. The smallest absolute Gasteiger partial charge is 0.416 e. The number of unbranched alkanes of at least 4 members (excludes halogenated alkanes) is 3. The predicted molar refractivity (Wildman–Crippen MR) is 121 cm³/mol. The molecule has 32 heavy (non-hydrogen) atoms. The topological polar surface area (TPSA) is 50.7 Å². The Bertz CT molecular complexity index is 820. The molecular formula is C24H31F3NO3P. The molecule has 0 aromatic heterocycles. The molecular weight excluding hydrogens is 438 g/mol. The number of rotatable bonds is 12. The first-order chi connectivity index (χ1) is 15.5. The standard InChI is InChI=1S/C24H31F3NO3P/c25-24(26,27)23-15-21(31-22-14-20(28-16-22)17-30-32-29)13-12-19(23)11-7-2-1-4-8-18-9-5-3-6-10-18/h3,5-6,9-10,12-13,15,20,22,28-29,32H,1-2,4,7-8,11,14,16-17H2/t20-,22?/m1/s1. The summed E-state index contributed by atoms with van der Waals surface area (Å²) in [6.07, 6.45) is 1.10. The van der Waals surface area contributed by atoms with Crippen LogP contribution in [0.3, 0.4) is 0 Å². The number of alkyl halides is 3. The number of hydrogen-bond acceptors (Lipinski definition) is 4. The van der Waals surface area contributed by atoms with Crippen molar-refractivity contribution in [2.75, 3.05) is 13.2 Å². The maximum atomic E-state index is 13.7. The van der Waals surface area contributed by atoms with E-state index in [-0.39, 0.29) is 17.9 Å². The second kappa shape index (κ2) is 12.5. The van der Waals surface area contributed by atoms with Crippen molar-refractivity contribution in [3.05, 3.63) is 65.2 Å². The van der Waals surface area contributed by atoms with Gasteiger partial charge in [0.05, 0.1) is 12.2 Å². The van der Waals surface area contributed by atoms with Gasteiger partial charge in [0.1, 0.15) is 11.9 Å². The second-order valence-electron chi connectivity index (χ2n) is 8.20. The van der Waals surface area contributed by atoms with E-state index >= 15 is 0 Å². The zero-order valence-electron chi connectivity index (χ0n) is 18.0. The molecule has 4 nitrogen and oxygen atoms in total. The zero-order valence-corrected chi connectivity index (χ0v) is 19.0. The van der Waals surface area contributed by atoms with Gasteiger partial charge in [0.2, 0.25) is 0 Å². The van der Waals surface area contributed by atoms with Gasteiger partial charge in [-0.2, -0.15) is 13.2 Å². The van der Waals surface area contributed by atoms with Crippen molar-refractivity contribution in [1.82, 2.24) is 5.32 Å². The summed E-state index contributed by atoms with van der Waals surface area (Å²) in [5, 5.41) is 3.19. The summed E-state index contributed by atoms with van der Waals surface area (Å²) in [5.41, 5.74) is 1.02. The van der Waals surface area contributed by atoms with Crippen LogP contribution in [0.5, 0.6) is 5.75 Å². The van der Waals surface area contributed by atoms with E-state index in [1.54, 1.807) is 12.1 Å². The number of halogens is 3. The molecule has 1 saturated heterocycles. The average molecular weight is 469 g/mol. The number of aryl methyl sites for hydroxylation is 2. The molecule has 2 aromatic carbocycles. The highest BCUT2D eigenvalue weighted by Gasteiger charge is 2.34. The van der Waals surface area contributed by atoms with Crippen LogP contribution in [0, 0.1) is 0 Å². The van der Waals surface area contributed by atoms with Crippen molar-refractivity contribution in [3.63, 3.8) is 0 Å². The van der Waals surface area contributed by atoms with Crippen molar-refractivity contribution in [2.45, 2.75) is 63.3 Å². The fourth-order valence-electron chi connectivity index (χ4n) is 4.08. The molecule has 0 radical (unpaired) electrons. The Kier molecular flexibility index (Phi) is 9.79. The van der Waals surface area contributed by atoms with E-state index in [0.717, 1.165) is 38.2 Å². The quantitative estimate of drug-likeness (QED) is 0.310. The minimum atomic E-state index is -4.41. The Labute approximate surface area is 189 Å². The van der Waals surface area contributed by atoms with Crippen molar-refractivity contribution >= 4 is 9.03 Å². The van der Waals surface area contributed by atoms with Crippen LogP contribution in [0.25, 0.3) is 0 Å². The Morgan fingerprint density at radius 2 is 1.75 bits per heavy atom. The van der Waals surface area contributed by atoms with E-state index in [9.17, 15) is 13.2 Å². The van der Waals surface area contributed by atoms with Crippen LogP contribution < -0.4 is 10.1 Å². The van der Waals surface area contributed by atoms with Crippen LogP contribution in [-0.2, 0) is 23.5 Å². The third-order valence-corrected chi connectivity index (χ3v) is 6.02. The molecule has 2 N–H and O–H groups in total. The molecule has 0 bridgehead atoms. The lowest BCUT2D eigenvalue weighted by Crippen LogP contribution is -2.25. The van der Waals surface area contributed by atoms with Gasteiger partial charge in [-0.1, -0.05) is 49.2 Å². The fraction of sp³-hybridized carbons (Fsp3) is 0.500. The number of hydrogen-bond donors (Lipinski definition) is 2. The van der Waals surface area contributed by atoms with Gasteiger partial charge in [0.25, 0.3) is 0 Å². The Morgan fingerprint density at radius 3 is 2.47 bits per heavy atom. The number of benzene rings is 2. The third kappa shape index (κ3) is 8.04. The molecule has 0 amide bonds. The van der Waals surface area contributed by atoms with Gasteiger partial charge in [0, 0.05) is 19.0 Å². The molecule has 1 fully saturated rings. The molecule has 1 heterocycles. The first kappa shape index (κ1) is 25.0. The minimum Gasteiger partial charge on any atom is -0.489 e. The van der Waals surface area contributed by atoms with Crippen LogP contribution in [0.1, 0.15) is 48.8 Å². The molecule has 0 aliphatic carbocycles. The highest BCUT2D eigenvalue weighted by molar-refractivity contribution is 7.24. The van der Waals surface area contributed by atoms with Crippen LogP contribution in [-0.4, -0.2) is 30.2 Å². The molecule has 0 spiro atoms. The van der Waals surface area contributed by atoms with E-state index in [1.165, 1.54) is 5.56 Å². The lowest BCUT2D eigenvalue weighted by molar-refractivity contribution is -0.138. The van der Waals surface area contributed by atoms with E-state index < -0.39 is 20.8 Å². The predicted octanol–water partition coefficient (Wildman–Crippen LogP) is 5.68.